The number of rotatable bonds is 7. The highest BCUT2D eigenvalue weighted by Gasteiger charge is 2.29. The molecule has 0 N–H and O–H groups in total. The molecule has 0 fully saturated rings. The van der Waals surface area contributed by atoms with E-state index >= 15 is 0 Å². The Labute approximate surface area is 188 Å². The zero-order valence-electron chi connectivity index (χ0n) is 16.5. The normalized spacial score (nSPS) is 11.3. The van der Waals surface area contributed by atoms with Gasteiger partial charge in [0.05, 0.1) is 22.1 Å². The van der Waals surface area contributed by atoms with E-state index in [4.69, 9.17) is 16.1 Å². The van der Waals surface area contributed by atoms with Gasteiger partial charge in [0.2, 0.25) is 0 Å². The average molecular weight is 470 g/mol. The molecule has 32 heavy (non-hydrogen) atoms. The maximum Gasteiger partial charge on any atom is 0.289 e. The maximum atomic E-state index is 13.5. The Bertz CT molecular complexity index is 1360. The number of hydrogen-bond donors (Lipinski definition) is 0. The number of aromatic nitrogens is 1. The molecule has 0 aliphatic rings. The van der Waals surface area contributed by atoms with E-state index in [1.807, 2.05) is 30.3 Å². The second-order valence-corrected chi connectivity index (χ2v) is 9.04. The number of hydrogen-bond acceptors (Lipinski definition) is 6. The molecule has 162 valence electrons. The summed E-state index contributed by atoms with van der Waals surface area (Å²) in [5.74, 6) is 0.494. The number of benzene rings is 3. The smallest absolute Gasteiger partial charge is 0.289 e. The standard InChI is InChI=1S/C22H16ClN3O5S/c23-20-12-11-19(14-21(20)26(27)28)32(29,30)25(18-9-5-2-6-10-18)15-17-13-22(31-24-17)16-7-3-1-4-8-16/h1-14H,15H2. The largest absolute Gasteiger partial charge is 0.356 e. The minimum Gasteiger partial charge on any atom is -0.356 e. The van der Waals surface area contributed by atoms with Crippen LogP contribution in [0.4, 0.5) is 11.4 Å². The van der Waals surface area contributed by atoms with Crippen LogP contribution in [-0.4, -0.2) is 18.5 Å². The number of para-hydroxylation sites is 1. The Morgan fingerprint density at radius 2 is 1.62 bits per heavy atom. The van der Waals surface area contributed by atoms with Gasteiger partial charge in [-0.05, 0) is 24.3 Å². The van der Waals surface area contributed by atoms with Crippen molar-refractivity contribution in [3.05, 3.63) is 106 Å². The van der Waals surface area contributed by atoms with Crippen LogP contribution in [0.3, 0.4) is 0 Å². The first-order chi connectivity index (χ1) is 15.4. The summed E-state index contributed by atoms with van der Waals surface area (Å²) < 4.78 is 33.5. The van der Waals surface area contributed by atoms with Gasteiger partial charge in [-0.1, -0.05) is 65.3 Å². The number of nitro groups is 1. The molecular formula is C22H16ClN3O5S. The fourth-order valence-corrected chi connectivity index (χ4v) is 4.74. The van der Waals surface area contributed by atoms with Gasteiger partial charge in [-0.2, -0.15) is 0 Å². The van der Waals surface area contributed by atoms with E-state index in [9.17, 15) is 18.5 Å². The molecular weight excluding hydrogens is 454 g/mol. The lowest BCUT2D eigenvalue weighted by Crippen LogP contribution is -2.30. The Balaban J connectivity index is 1.75. The maximum absolute atomic E-state index is 13.5. The van der Waals surface area contributed by atoms with Crippen LogP contribution in [0.2, 0.25) is 5.02 Å². The van der Waals surface area contributed by atoms with Gasteiger partial charge in [-0.25, -0.2) is 8.42 Å². The van der Waals surface area contributed by atoms with E-state index in [-0.39, 0.29) is 16.5 Å². The average Bonchev–Trinajstić information content (AvgIpc) is 3.27. The van der Waals surface area contributed by atoms with Crippen LogP contribution in [0.1, 0.15) is 5.69 Å². The minimum atomic E-state index is -4.19. The zero-order chi connectivity index (χ0) is 22.7. The number of halogens is 1. The quantitative estimate of drug-likeness (QED) is 0.268. The summed E-state index contributed by atoms with van der Waals surface area (Å²) in [6.45, 7) is -0.140. The van der Waals surface area contributed by atoms with Crippen molar-refractivity contribution in [2.24, 2.45) is 0 Å². The molecule has 0 radical (unpaired) electrons. The van der Waals surface area contributed by atoms with Crippen molar-refractivity contribution in [3.8, 4) is 11.3 Å². The second kappa shape index (κ2) is 8.81. The van der Waals surface area contributed by atoms with Crippen molar-refractivity contribution < 1.29 is 17.9 Å². The Hall–Kier alpha value is -3.69. The van der Waals surface area contributed by atoms with Gasteiger partial charge in [0.1, 0.15) is 10.7 Å². The molecule has 0 aliphatic heterocycles. The Morgan fingerprint density at radius 1 is 0.969 bits per heavy atom. The molecule has 0 amide bonds. The number of sulfonamides is 1. The summed E-state index contributed by atoms with van der Waals surface area (Å²) in [4.78, 5) is 10.3. The van der Waals surface area contributed by atoms with Crippen LogP contribution in [0.15, 0.2) is 94.3 Å². The molecule has 1 aromatic heterocycles. The summed E-state index contributed by atoms with van der Waals surface area (Å²) in [7, 11) is -4.19. The molecule has 4 aromatic rings. The van der Waals surface area contributed by atoms with Crippen molar-refractivity contribution in [2.45, 2.75) is 11.4 Å². The third kappa shape index (κ3) is 4.34. The second-order valence-electron chi connectivity index (χ2n) is 6.77. The van der Waals surface area contributed by atoms with Gasteiger partial charge in [0.25, 0.3) is 15.7 Å². The Morgan fingerprint density at radius 3 is 2.28 bits per heavy atom. The van der Waals surface area contributed by atoms with Crippen LogP contribution in [0, 0.1) is 10.1 Å². The van der Waals surface area contributed by atoms with Crippen molar-refractivity contribution in [1.82, 2.24) is 5.16 Å². The first-order valence-electron chi connectivity index (χ1n) is 9.39. The number of nitrogens with zero attached hydrogens (tertiary/aromatic N) is 3. The molecule has 4 rings (SSSR count). The van der Waals surface area contributed by atoms with Crippen molar-refractivity contribution in [2.75, 3.05) is 4.31 Å². The molecule has 0 aliphatic carbocycles. The summed E-state index contributed by atoms with van der Waals surface area (Å²) in [5.41, 5.74) is 1.05. The number of anilines is 1. The van der Waals surface area contributed by atoms with Gasteiger partial charge in [-0.3, -0.25) is 14.4 Å². The molecule has 10 heteroatoms. The van der Waals surface area contributed by atoms with Crippen molar-refractivity contribution in [1.29, 1.82) is 0 Å². The highest BCUT2D eigenvalue weighted by molar-refractivity contribution is 7.92. The summed E-state index contributed by atoms with van der Waals surface area (Å²) in [6.07, 6.45) is 0. The highest BCUT2D eigenvalue weighted by Crippen LogP contribution is 2.32. The zero-order valence-corrected chi connectivity index (χ0v) is 18.0. The van der Waals surface area contributed by atoms with Crippen LogP contribution in [-0.2, 0) is 16.6 Å². The number of nitro benzene ring substituents is 1. The fraction of sp³-hybridized carbons (Fsp3) is 0.0455. The fourth-order valence-electron chi connectivity index (χ4n) is 3.10. The third-order valence-electron chi connectivity index (χ3n) is 4.67. The predicted octanol–water partition coefficient (Wildman–Crippen LogP) is 5.30. The van der Waals surface area contributed by atoms with E-state index in [1.54, 1.807) is 36.4 Å². The van der Waals surface area contributed by atoms with Gasteiger partial charge in [-0.15, -0.1) is 0 Å². The third-order valence-corrected chi connectivity index (χ3v) is 6.76. The predicted molar refractivity (Wildman–Crippen MR) is 120 cm³/mol. The lowest BCUT2D eigenvalue weighted by molar-refractivity contribution is -0.384. The molecule has 0 spiro atoms. The van der Waals surface area contributed by atoms with Gasteiger partial charge < -0.3 is 4.52 Å². The highest BCUT2D eigenvalue weighted by atomic mass is 35.5. The molecule has 0 saturated heterocycles. The molecule has 0 bridgehead atoms. The lowest BCUT2D eigenvalue weighted by Gasteiger charge is -2.23. The van der Waals surface area contributed by atoms with E-state index < -0.39 is 20.6 Å². The molecule has 0 saturated carbocycles. The van der Waals surface area contributed by atoms with Crippen LogP contribution < -0.4 is 4.31 Å². The van der Waals surface area contributed by atoms with Crippen LogP contribution >= 0.6 is 11.6 Å². The molecule has 1 heterocycles. The van der Waals surface area contributed by atoms with Crippen molar-refractivity contribution >= 4 is 33.0 Å². The first kappa shape index (κ1) is 21.5. The van der Waals surface area contributed by atoms with E-state index in [2.05, 4.69) is 5.16 Å². The molecule has 3 aromatic carbocycles. The monoisotopic (exact) mass is 469 g/mol. The van der Waals surface area contributed by atoms with Gasteiger partial charge in [0.15, 0.2) is 5.76 Å². The van der Waals surface area contributed by atoms with Crippen LogP contribution in [0.5, 0.6) is 0 Å². The van der Waals surface area contributed by atoms with Gasteiger partial charge in [0, 0.05) is 17.7 Å². The van der Waals surface area contributed by atoms with Crippen molar-refractivity contribution in [3.63, 3.8) is 0 Å². The lowest BCUT2D eigenvalue weighted by atomic mass is 10.1. The van der Waals surface area contributed by atoms with E-state index in [1.165, 1.54) is 12.1 Å². The Kier molecular flexibility index (Phi) is 5.93. The summed E-state index contributed by atoms with van der Waals surface area (Å²) in [6, 6.07) is 22.7. The topological polar surface area (TPSA) is 107 Å². The van der Waals surface area contributed by atoms with E-state index in [0.717, 1.165) is 15.9 Å². The molecule has 0 atom stereocenters. The van der Waals surface area contributed by atoms with E-state index in [0.29, 0.717) is 17.1 Å². The summed E-state index contributed by atoms with van der Waals surface area (Å²) in [5, 5.41) is 15.1. The first-order valence-corrected chi connectivity index (χ1v) is 11.2. The minimum absolute atomic E-state index is 0.140. The van der Waals surface area contributed by atoms with Gasteiger partial charge >= 0.3 is 0 Å². The SMILES string of the molecule is O=[N+]([O-])c1cc(S(=O)(=O)N(Cc2cc(-c3ccccc3)on2)c2ccccc2)ccc1Cl. The molecule has 8 nitrogen and oxygen atoms in total. The summed E-state index contributed by atoms with van der Waals surface area (Å²) >= 11 is 5.86. The van der Waals surface area contributed by atoms with Crippen LogP contribution in [0.25, 0.3) is 11.3 Å². The molecule has 0 unspecified atom stereocenters.